The summed E-state index contributed by atoms with van der Waals surface area (Å²) in [5.74, 6) is -0.491. The predicted octanol–water partition coefficient (Wildman–Crippen LogP) is -1.69. The van der Waals surface area contributed by atoms with Crippen LogP contribution in [0.2, 0.25) is 5.15 Å². The zero-order valence-corrected chi connectivity index (χ0v) is 26.8. The summed E-state index contributed by atoms with van der Waals surface area (Å²) in [6.07, 6.45) is -3.03. The molecule has 0 aliphatic carbocycles. The van der Waals surface area contributed by atoms with Crippen LogP contribution in [0.4, 0.5) is 11.6 Å². The van der Waals surface area contributed by atoms with Crippen LogP contribution >= 0.6 is 36.4 Å². The number of aliphatic imine (C=N–C) groups is 1. The van der Waals surface area contributed by atoms with Crippen LogP contribution in [0.15, 0.2) is 29.3 Å². The highest BCUT2D eigenvalue weighted by atomic mass is 35.5. The van der Waals surface area contributed by atoms with Gasteiger partial charge in [0.05, 0.1) is 25.4 Å². The highest BCUT2D eigenvalue weighted by Crippen LogP contribution is 2.17. The van der Waals surface area contributed by atoms with E-state index in [1.165, 1.54) is 0 Å². The lowest BCUT2D eigenvalue weighted by molar-refractivity contribution is -0.0551. The number of carbonyl (C=O) groups is 1. The summed E-state index contributed by atoms with van der Waals surface area (Å²) in [7, 11) is 0. The molecule has 1 aromatic carbocycles. The van der Waals surface area contributed by atoms with Gasteiger partial charge in [0.1, 0.15) is 24.6 Å². The molecule has 1 aromatic heterocycles. The van der Waals surface area contributed by atoms with Crippen molar-refractivity contribution in [3.05, 3.63) is 40.7 Å². The molecule has 256 valence electrons. The van der Waals surface area contributed by atoms with E-state index in [4.69, 9.17) is 43.8 Å². The third-order valence-electron chi connectivity index (χ3n) is 6.27. The fourth-order valence-corrected chi connectivity index (χ4v) is 3.91. The second kappa shape index (κ2) is 21.9. The van der Waals surface area contributed by atoms with E-state index in [0.29, 0.717) is 18.7 Å². The van der Waals surface area contributed by atoms with Crippen LogP contribution in [-0.4, -0.2) is 128 Å². The fraction of sp³-hybridized carbons (Fsp3) is 0.538. The van der Waals surface area contributed by atoms with E-state index in [-0.39, 0.29) is 79.5 Å². The number of anilines is 2. The van der Waals surface area contributed by atoms with Crippen molar-refractivity contribution in [1.29, 1.82) is 0 Å². The third-order valence-corrected chi connectivity index (χ3v) is 6.55. The molecule has 0 radical (unpaired) electrons. The van der Waals surface area contributed by atoms with Crippen LogP contribution in [-0.2, 0) is 6.42 Å². The molecule has 13 N–H and O–H groups in total. The monoisotopic (exact) mass is 700 g/mol. The zero-order valence-electron chi connectivity index (χ0n) is 24.4. The number of nitrogen functional groups attached to an aromatic ring is 2. The molecule has 16 nitrogen and oxygen atoms in total. The minimum atomic E-state index is -1.36. The van der Waals surface area contributed by atoms with Gasteiger partial charge in [-0.25, -0.2) is 9.97 Å². The van der Waals surface area contributed by atoms with Crippen LogP contribution in [0.25, 0.3) is 0 Å². The van der Waals surface area contributed by atoms with Crippen LogP contribution in [0.5, 0.6) is 5.75 Å². The summed E-state index contributed by atoms with van der Waals surface area (Å²) in [4.78, 5) is 25.5. The van der Waals surface area contributed by atoms with Crippen LogP contribution < -0.4 is 27.3 Å². The summed E-state index contributed by atoms with van der Waals surface area (Å²) in [6, 6.07) is 7.43. The Hall–Kier alpha value is -2.77. The standard InChI is InChI=1S/C26H41ClN8O8.2ClH/c27-22-24(29)33-23(28)21(32-22)25(42)34-26(30)31-8-2-1-3-15-4-6-16(7-5-15)43-10-9-35(11-17(38)19(40)13-36)12-18(39)20(41)14-37;;/h4-7,17-20,36-41H,1-3,8-14H2,(H4,28,29,33)(H3,30,31,34,42);2*1H/t17-,18-,19-,20-;;/m0../s1. The number of amides is 1. The summed E-state index contributed by atoms with van der Waals surface area (Å²) < 4.78 is 5.76. The van der Waals surface area contributed by atoms with Gasteiger partial charge >= 0.3 is 0 Å². The highest BCUT2D eigenvalue weighted by Gasteiger charge is 2.24. The number of benzene rings is 1. The summed E-state index contributed by atoms with van der Waals surface area (Å²) in [6.45, 7) is -0.681. The van der Waals surface area contributed by atoms with Crippen LogP contribution in [0, 0.1) is 0 Å². The molecule has 1 amide bonds. The first-order valence-corrected chi connectivity index (χ1v) is 13.9. The molecular weight excluding hydrogens is 659 g/mol. The molecular formula is C26H43Cl3N8O8. The maximum Gasteiger partial charge on any atom is 0.280 e. The van der Waals surface area contributed by atoms with Gasteiger partial charge in [0, 0.05) is 26.2 Å². The minimum Gasteiger partial charge on any atom is -0.492 e. The number of ether oxygens (including phenoxy) is 1. The molecule has 45 heavy (non-hydrogen) atoms. The molecule has 0 aliphatic heterocycles. The number of nitrogens with two attached hydrogens (primary N) is 3. The van der Waals surface area contributed by atoms with Gasteiger partial charge in [-0.3, -0.25) is 20.0 Å². The number of aryl methyl sites for hydroxylation is 1. The molecule has 1 heterocycles. The lowest BCUT2D eigenvalue weighted by Crippen LogP contribution is -2.47. The molecule has 4 atom stereocenters. The maximum absolute atomic E-state index is 12.3. The quantitative estimate of drug-likeness (QED) is 0.0472. The van der Waals surface area contributed by atoms with Gasteiger partial charge in [-0.1, -0.05) is 23.7 Å². The van der Waals surface area contributed by atoms with Gasteiger partial charge in [0.15, 0.2) is 28.4 Å². The summed E-state index contributed by atoms with van der Waals surface area (Å²) >= 11 is 5.79. The van der Waals surface area contributed by atoms with Gasteiger partial charge in [-0.2, -0.15) is 0 Å². The van der Waals surface area contributed by atoms with Gasteiger partial charge in [0.2, 0.25) is 0 Å². The Kier molecular flexibility index (Phi) is 20.5. The number of nitrogens with one attached hydrogen (secondary N) is 1. The van der Waals surface area contributed by atoms with Crippen molar-refractivity contribution in [2.24, 2.45) is 10.7 Å². The van der Waals surface area contributed by atoms with Crippen molar-refractivity contribution in [3.8, 4) is 5.75 Å². The lowest BCUT2D eigenvalue weighted by Gasteiger charge is -2.29. The van der Waals surface area contributed by atoms with Crippen LogP contribution in [0.1, 0.15) is 28.9 Å². The van der Waals surface area contributed by atoms with Crippen molar-refractivity contribution in [3.63, 3.8) is 0 Å². The molecule has 0 saturated heterocycles. The Labute approximate surface area is 278 Å². The van der Waals surface area contributed by atoms with E-state index >= 15 is 0 Å². The Morgan fingerprint density at radius 2 is 1.51 bits per heavy atom. The number of hydrogen-bond acceptors (Lipinski definition) is 14. The van der Waals surface area contributed by atoms with Crippen molar-refractivity contribution >= 4 is 59.9 Å². The Balaban J connectivity index is 0.00000968. The number of aliphatic hydroxyl groups is 6. The van der Waals surface area contributed by atoms with Gasteiger partial charge < -0.3 is 52.6 Å². The smallest absolute Gasteiger partial charge is 0.280 e. The minimum absolute atomic E-state index is 0. The van der Waals surface area contributed by atoms with Crippen LogP contribution in [0.3, 0.4) is 0 Å². The molecule has 2 aromatic rings. The molecule has 0 spiro atoms. The number of guanidine groups is 1. The number of aromatic nitrogens is 2. The molecule has 19 heteroatoms. The van der Waals surface area contributed by atoms with E-state index in [9.17, 15) is 25.2 Å². The molecule has 0 saturated carbocycles. The van der Waals surface area contributed by atoms with E-state index in [2.05, 4.69) is 20.3 Å². The first-order chi connectivity index (χ1) is 20.4. The highest BCUT2D eigenvalue weighted by molar-refractivity contribution is 6.31. The van der Waals surface area contributed by atoms with Gasteiger partial charge in [-0.05, 0) is 37.0 Å². The van der Waals surface area contributed by atoms with Gasteiger partial charge in [0.25, 0.3) is 5.91 Å². The average molecular weight is 702 g/mol. The average Bonchev–Trinajstić information content (AvgIpc) is 2.98. The first kappa shape index (κ1) is 42.2. The molecule has 0 aliphatic rings. The normalized spacial score (nSPS) is 14.1. The molecule has 2 rings (SSSR count). The Morgan fingerprint density at radius 1 is 0.933 bits per heavy atom. The van der Waals surface area contributed by atoms with E-state index < -0.39 is 43.5 Å². The Bertz CT molecular complexity index is 1170. The SMILES string of the molecule is Cl.Cl.NC(=NCCCCc1ccc(OCCN(C[C@H](O)[C@@H](O)CO)C[C@H](O)[C@@H](O)CO)cc1)NC(=O)c1nc(Cl)c(N)nc1N. The second-order valence-corrected chi connectivity index (χ2v) is 10.1. The fourth-order valence-electron chi connectivity index (χ4n) is 3.78. The topological polar surface area (TPSA) is 279 Å². The number of hydrogen-bond donors (Lipinski definition) is 10. The predicted molar refractivity (Wildman–Crippen MR) is 174 cm³/mol. The number of unbranched alkanes of at least 4 members (excludes halogenated alkanes) is 1. The Morgan fingerprint density at radius 3 is 2.07 bits per heavy atom. The van der Waals surface area contributed by atoms with Crippen molar-refractivity contribution in [2.75, 3.05) is 57.5 Å². The van der Waals surface area contributed by atoms with E-state index in [0.717, 1.165) is 18.4 Å². The number of rotatable bonds is 18. The van der Waals surface area contributed by atoms with E-state index in [1.807, 2.05) is 12.1 Å². The van der Waals surface area contributed by atoms with Crippen molar-refractivity contribution in [1.82, 2.24) is 20.2 Å². The zero-order chi connectivity index (χ0) is 31.9. The number of nitrogens with zero attached hydrogens (tertiary/aromatic N) is 4. The lowest BCUT2D eigenvalue weighted by atomic mass is 10.1. The molecule has 0 fully saturated rings. The van der Waals surface area contributed by atoms with Crippen molar-refractivity contribution < 1.29 is 40.2 Å². The largest absolute Gasteiger partial charge is 0.492 e. The molecule has 0 unspecified atom stereocenters. The van der Waals surface area contributed by atoms with Gasteiger partial charge in [-0.15, -0.1) is 24.8 Å². The number of halogens is 3. The second-order valence-electron chi connectivity index (χ2n) is 9.70. The molecule has 0 bridgehead atoms. The number of aliphatic hydroxyl groups excluding tert-OH is 6. The first-order valence-electron chi connectivity index (χ1n) is 13.5. The summed E-state index contributed by atoms with van der Waals surface area (Å²) in [5, 5.41) is 59.7. The van der Waals surface area contributed by atoms with E-state index in [1.54, 1.807) is 17.0 Å². The van der Waals surface area contributed by atoms with Crippen molar-refractivity contribution in [2.45, 2.75) is 43.7 Å². The third kappa shape index (κ3) is 14.9. The maximum atomic E-state index is 12.3. The number of carbonyl (C=O) groups excluding carboxylic acids is 1. The summed E-state index contributed by atoms with van der Waals surface area (Å²) in [5.41, 5.74) is 17.8.